The van der Waals surface area contributed by atoms with E-state index in [2.05, 4.69) is 41.5 Å². The molecular weight excluding hydrogens is 232 g/mol. The molecular formula is C14H15ClN2. The van der Waals surface area contributed by atoms with Gasteiger partial charge in [0.15, 0.2) is 0 Å². The van der Waals surface area contributed by atoms with Crippen LogP contribution in [0.25, 0.3) is 0 Å². The van der Waals surface area contributed by atoms with Crippen molar-refractivity contribution in [2.24, 2.45) is 0 Å². The summed E-state index contributed by atoms with van der Waals surface area (Å²) < 4.78 is 0. The van der Waals surface area contributed by atoms with E-state index in [1.807, 2.05) is 6.07 Å². The zero-order valence-corrected chi connectivity index (χ0v) is 10.5. The molecule has 0 aliphatic rings. The van der Waals surface area contributed by atoms with Crippen LogP contribution in [0, 0.1) is 6.92 Å². The minimum Gasteiger partial charge on any atom is -0.309 e. The zero-order chi connectivity index (χ0) is 12.1. The van der Waals surface area contributed by atoms with Crippen LogP contribution in [0.3, 0.4) is 0 Å². The minimum absolute atomic E-state index is 0.713. The van der Waals surface area contributed by atoms with Gasteiger partial charge in [-0.05, 0) is 29.7 Å². The monoisotopic (exact) mass is 246 g/mol. The van der Waals surface area contributed by atoms with E-state index in [1.54, 1.807) is 12.4 Å². The van der Waals surface area contributed by atoms with Crippen LogP contribution < -0.4 is 5.32 Å². The van der Waals surface area contributed by atoms with Crippen molar-refractivity contribution in [3.05, 3.63) is 64.4 Å². The first kappa shape index (κ1) is 12.1. The highest BCUT2D eigenvalue weighted by molar-refractivity contribution is 6.31. The second kappa shape index (κ2) is 5.80. The number of nitrogens with zero attached hydrogens (tertiary/aromatic N) is 1. The largest absolute Gasteiger partial charge is 0.309 e. The Morgan fingerprint density at radius 1 is 1.12 bits per heavy atom. The summed E-state index contributed by atoms with van der Waals surface area (Å²) in [7, 11) is 0. The Bertz CT molecular complexity index is 452. The summed E-state index contributed by atoms with van der Waals surface area (Å²) in [5, 5.41) is 4.10. The maximum absolute atomic E-state index is 6.03. The van der Waals surface area contributed by atoms with Crippen LogP contribution in [-0.4, -0.2) is 4.98 Å². The molecule has 0 aliphatic heterocycles. The van der Waals surface area contributed by atoms with Gasteiger partial charge in [0.05, 0.1) is 5.02 Å². The van der Waals surface area contributed by atoms with Crippen molar-refractivity contribution in [2.45, 2.75) is 20.0 Å². The first-order valence-corrected chi connectivity index (χ1v) is 5.99. The predicted molar refractivity (Wildman–Crippen MR) is 71.0 cm³/mol. The zero-order valence-electron chi connectivity index (χ0n) is 9.78. The lowest BCUT2D eigenvalue weighted by Crippen LogP contribution is -2.13. The molecule has 1 N–H and O–H groups in total. The standard InChI is InChI=1S/C14H15ClN2/c1-11-4-2-3-5-12(11)8-17-9-13-6-7-16-10-14(13)15/h2-7,10,17H,8-9H2,1H3. The Balaban J connectivity index is 1.93. The molecule has 0 aliphatic carbocycles. The Hall–Kier alpha value is -1.38. The molecule has 0 spiro atoms. The summed E-state index contributed by atoms with van der Waals surface area (Å²) in [6.07, 6.45) is 3.43. The number of hydrogen-bond donors (Lipinski definition) is 1. The lowest BCUT2D eigenvalue weighted by molar-refractivity contribution is 0.690. The van der Waals surface area contributed by atoms with Gasteiger partial charge in [-0.15, -0.1) is 0 Å². The predicted octanol–water partition coefficient (Wildman–Crippen LogP) is 3.33. The third kappa shape index (κ3) is 3.29. The van der Waals surface area contributed by atoms with E-state index < -0.39 is 0 Å². The molecule has 1 aromatic carbocycles. The Morgan fingerprint density at radius 3 is 2.65 bits per heavy atom. The lowest BCUT2D eigenvalue weighted by atomic mass is 10.1. The fraction of sp³-hybridized carbons (Fsp3) is 0.214. The van der Waals surface area contributed by atoms with Crippen molar-refractivity contribution < 1.29 is 0 Å². The van der Waals surface area contributed by atoms with Crippen LogP contribution in [0.15, 0.2) is 42.7 Å². The van der Waals surface area contributed by atoms with Gasteiger partial charge in [-0.1, -0.05) is 35.9 Å². The average molecular weight is 247 g/mol. The molecule has 0 saturated heterocycles. The van der Waals surface area contributed by atoms with Crippen LogP contribution >= 0.6 is 11.6 Å². The molecule has 0 atom stereocenters. The van der Waals surface area contributed by atoms with Gasteiger partial charge in [0.1, 0.15) is 0 Å². The number of pyridine rings is 1. The molecule has 0 bridgehead atoms. The molecule has 1 heterocycles. The van der Waals surface area contributed by atoms with Gasteiger partial charge >= 0.3 is 0 Å². The van der Waals surface area contributed by atoms with Crippen LogP contribution in [-0.2, 0) is 13.1 Å². The van der Waals surface area contributed by atoms with Crippen LogP contribution in [0.4, 0.5) is 0 Å². The van der Waals surface area contributed by atoms with Crippen molar-refractivity contribution in [3.63, 3.8) is 0 Å². The Labute approximate surface area is 107 Å². The molecule has 2 nitrogen and oxygen atoms in total. The maximum atomic E-state index is 6.03. The maximum Gasteiger partial charge on any atom is 0.0634 e. The number of aryl methyl sites for hydroxylation is 1. The second-order valence-corrected chi connectivity index (χ2v) is 4.40. The van der Waals surface area contributed by atoms with Crippen molar-refractivity contribution in [3.8, 4) is 0 Å². The van der Waals surface area contributed by atoms with Gasteiger partial charge in [0.25, 0.3) is 0 Å². The van der Waals surface area contributed by atoms with Crippen molar-refractivity contribution in [1.82, 2.24) is 10.3 Å². The van der Waals surface area contributed by atoms with E-state index in [1.165, 1.54) is 11.1 Å². The van der Waals surface area contributed by atoms with E-state index in [4.69, 9.17) is 11.6 Å². The van der Waals surface area contributed by atoms with E-state index in [-0.39, 0.29) is 0 Å². The van der Waals surface area contributed by atoms with Gasteiger partial charge in [-0.3, -0.25) is 4.98 Å². The number of benzene rings is 1. The fourth-order valence-corrected chi connectivity index (χ4v) is 1.87. The summed E-state index contributed by atoms with van der Waals surface area (Å²) >= 11 is 6.03. The summed E-state index contributed by atoms with van der Waals surface area (Å²) in [4.78, 5) is 3.97. The summed E-state index contributed by atoms with van der Waals surface area (Å²) in [5.74, 6) is 0. The number of aromatic nitrogens is 1. The molecule has 0 saturated carbocycles. The number of halogens is 1. The van der Waals surface area contributed by atoms with Crippen LogP contribution in [0.5, 0.6) is 0 Å². The Kier molecular flexibility index (Phi) is 4.13. The molecule has 2 aromatic rings. The number of rotatable bonds is 4. The van der Waals surface area contributed by atoms with Gasteiger partial charge < -0.3 is 5.32 Å². The lowest BCUT2D eigenvalue weighted by Gasteiger charge is -2.08. The highest BCUT2D eigenvalue weighted by Crippen LogP contribution is 2.13. The minimum atomic E-state index is 0.713. The first-order valence-electron chi connectivity index (χ1n) is 5.61. The topological polar surface area (TPSA) is 24.9 Å². The van der Waals surface area contributed by atoms with Crippen LogP contribution in [0.1, 0.15) is 16.7 Å². The summed E-state index contributed by atoms with van der Waals surface area (Å²) in [6.45, 7) is 3.73. The quantitative estimate of drug-likeness (QED) is 0.895. The van der Waals surface area contributed by atoms with E-state index in [9.17, 15) is 0 Å². The van der Waals surface area contributed by atoms with Crippen molar-refractivity contribution in [1.29, 1.82) is 0 Å². The van der Waals surface area contributed by atoms with E-state index in [0.717, 1.165) is 18.7 Å². The summed E-state index contributed by atoms with van der Waals surface area (Å²) in [5.41, 5.74) is 3.70. The van der Waals surface area contributed by atoms with Crippen molar-refractivity contribution >= 4 is 11.6 Å². The smallest absolute Gasteiger partial charge is 0.0634 e. The third-order valence-corrected chi connectivity index (χ3v) is 3.09. The highest BCUT2D eigenvalue weighted by Gasteiger charge is 2.00. The van der Waals surface area contributed by atoms with Gasteiger partial charge in [-0.2, -0.15) is 0 Å². The molecule has 0 amide bonds. The van der Waals surface area contributed by atoms with E-state index >= 15 is 0 Å². The normalized spacial score (nSPS) is 10.5. The number of nitrogens with one attached hydrogen (secondary N) is 1. The molecule has 88 valence electrons. The molecule has 1 aromatic heterocycles. The molecule has 0 unspecified atom stereocenters. The third-order valence-electron chi connectivity index (χ3n) is 2.75. The summed E-state index contributed by atoms with van der Waals surface area (Å²) in [6, 6.07) is 10.3. The van der Waals surface area contributed by atoms with Gasteiger partial charge in [0.2, 0.25) is 0 Å². The second-order valence-electron chi connectivity index (χ2n) is 4.00. The molecule has 0 fully saturated rings. The average Bonchev–Trinajstić information content (AvgIpc) is 2.34. The molecule has 2 rings (SSSR count). The molecule has 3 heteroatoms. The molecule has 0 radical (unpaired) electrons. The molecule has 17 heavy (non-hydrogen) atoms. The fourth-order valence-electron chi connectivity index (χ4n) is 1.69. The van der Waals surface area contributed by atoms with Crippen LogP contribution in [0.2, 0.25) is 5.02 Å². The first-order chi connectivity index (χ1) is 8.27. The van der Waals surface area contributed by atoms with E-state index in [0.29, 0.717) is 5.02 Å². The van der Waals surface area contributed by atoms with Gasteiger partial charge in [-0.25, -0.2) is 0 Å². The number of hydrogen-bond acceptors (Lipinski definition) is 2. The van der Waals surface area contributed by atoms with Crippen molar-refractivity contribution in [2.75, 3.05) is 0 Å². The highest BCUT2D eigenvalue weighted by atomic mass is 35.5. The van der Waals surface area contributed by atoms with Gasteiger partial charge in [0, 0.05) is 25.5 Å². The SMILES string of the molecule is Cc1ccccc1CNCc1ccncc1Cl. The Morgan fingerprint density at radius 2 is 1.88 bits per heavy atom.